The van der Waals surface area contributed by atoms with Crippen LogP contribution in [0.5, 0.6) is 11.5 Å². The molecule has 0 bridgehead atoms. The first-order chi connectivity index (χ1) is 14.6. The smallest absolute Gasteiger partial charge is 0.340 e. The maximum absolute atomic E-state index is 13.2. The highest BCUT2D eigenvalue weighted by atomic mass is 16.6. The minimum atomic E-state index is -1.18. The number of carbonyl (C=O) groups excluding carboxylic acids is 1. The molecule has 1 heterocycles. The van der Waals surface area contributed by atoms with Crippen LogP contribution in [0.1, 0.15) is 27.0 Å². The number of rotatable bonds is 3. The van der Waals surface area contributed by atoms with Crippen molar-refractivity contribution in [3.8, 4) is 22.6 Å². The summed E-state index contributed by atoms with van der Waals surface area (Å²) in [4.78, 5) is 13.2. The molecule has 1 aliphatic heterocycles. The summed E-state index contributed by atoms with van der Waals surface area (Å²) in [6, 6.07) is 28.7. The molecular formula is C26H18O4. The molecule has 0 aliphatic carbocycles. The van der Waals surface area contributed by atoms with E-state index in [-0.39, 0.29) is 11.5 Å². The molecule has 0 saturated heterocycles. The first-order valence-electron chi connectivity index (χ1n) is 9.61. The highest BCUT2D eigenvalue weighted by molar-refractivity contribution is 6.03. The Morgan fingerprint density at radius 2 is 1.20 bits per heavy atom. The van der Waals surface area contributed by atoms with Crippen LogP contribution < -0.4 is 0 Å². The van der Waals surface area contributed by atoms with E-state index < -0.39 is 11.6 Å². The van der Waals surface area contributed by atoms with Gasteiger partial charge in [0.25, 0.3) is 0 Å². The molecule has 0 aromatic heterocycles. The Bertz CT molecular complexity index is 1180. The van der Waals surface area contributed by atoms with E-state index in [0.29, 0.717) is 16.7 Å². The molecule has 0 spiro atoms. The number of phenols is 2. The van der Waals surface area contributed by atoms with E-state index >= 15 is 0 Å². The van der Waals surface area contributed by atoms with E-state index in [4.69, 9.17) is 4.74 Å². The molecule has 0 unspecified atom stereocenters. The van der Waals surface area contributed by atoms with Gasteiger partial charge in [0, 0.05) is 16.7 Å². The number of esters is 1. The molecule has 5 rings (SSSR count). The maximum Gasteiger partial charge on any atom is 0.340 e. The van der Waals surface area contributed by atoms with Crippen molar-refractivity contribution in [2.75, 3.05) is 0 Å². The van der Waals surface area contributed by atoms with Gasteiger partial charge in [-0.2, -0.15) is 0 Å². The summed E-state index contributed by atoms with van der Waals surface area (Å²) in [5.41, 5.74) is 3.22. The fourth-order valence-corrected chi connectivity index (χ4v) is 4.16. The highest BCUT2D eigenvalue weighted by Gasteiger charge is 2.49. The highest BCUT2D eigenvalue weighted by Crippen LogP contribution is 2.49. The average Bonchev–Trinajstić information content (AvgIpc) is 3.09. The molecule has 146 valence electrons. The lowest BCUT2D eigenvalue weighted by atomic mass is 9.78. The monoisotopic (exact) mass is 394 g/mol. The number of ether oxygens (including phenoxy) is 1. The predicted molar refractivity (Wildman–Crippen MR) is 113 cm³/mol. The third kappa shape index (κ3) is 2.65. The summed E-state index contributed by atoms with van der Waals surface area (Å²) >= 11 is 0. The fourth-order valence-electron chi connectivity index (χ4n) is 4.16. The molecule has 0 fully saturated rings. The molecule has 0 radical (unpaired) electrons. The average molecular weight is 394 g/mol. The van der Waals surface area contributed by atoms with Gasteiger partial charge in [0.05, 0.1) is 5.56 Å². The van der Waals surface area contributed by atoms with Crippen LogP contribution in [-0.2, 0) is 10.3 Å². The topological polar surface area (TPSA) is 66.8 Å². The number of phenolic OH excluding ortho intramolecular Hbond substituents is 2. The van der Waals surface area contributed by atoms with Crippen LogP contribution in [0.3, 0.4) is 0 Å². The molecule has 2 N–H and O–H groups in total. The lowest BCUT2D eigenvalue weighted by Crippen LogP contribution is -2.29. The van der Waals surface area contributed by atoms with Crippen LogP contribution >= 0.6 is 0 Å². The molecule has 4 aromatic rings. The number of cyclic esters (lactones) is 1. The summed E-state index contributed by atoms with van der Waals surface area (Å²) in [5.74, 6) is -0.157. The van der Waals surface area contributed by atoms with E-state index in [9.17, 15) is 15.0 Å². The van der Waals surface area contributed by atoms with Crippen molar-refractivity contribution < 1.29 is 19.7 Å². The third-order valence-electron chi connectivity index (χ3n) is 5.53. The van der Waals surface area contributed by atoms with Crippen LogP contribution in [0.4, 0.5) is 0 Å². The van der Waals surface area contributed by atoms with Crippen molar-refractivity contribution in [2.45, 2.75) is 5.60 Å². The van der Waals surface area contributed by atoms with Gasteiger partial charge in [-0.05, 0) is 35.4 Å². The minimum Gasteiger partial charge on any atom is -0.508 e. The molecule has 0 amide bonds. The summed E-state index contributed by atoms with van der Waals surface area (Å²) in [6.07, 6.45) is 0. The summed E-state index contributed by atoms with van der Waals surface area (Å²) in [5, 5.41) is 19.6. The zero-order valence-corrected chi connectivity index (χ0v) is 15.9. The molecule has 0 atom stereocenters. The van der Waals surface area contributed by atoms with E-state index in [1.165, 1.54) is 0 Å². The van der Waals surface area contributed by atoms with E-state index in [1.807, 2.05) is 48.5 Å². The van der Waals surface area contributed by atoms with Crippen LogP contribution in [0.25, 0.3) is 11.1 Å². The molecule has 4 aromatic carbocycles. The molecule has 4 heteroatoms. The van der Waals surface area contributed by atoms with E-state index in [2.05, 4.69) is 0 Å². The van der Waals surface area contributed by atoms with Crippen LogP contribution in [0.15, 0.2) is 97.1 Å². The predicted octanol–water partition coefficient (Wildman–Crippen LogP) is 5.23. The lowest BCUT2D eigenvalue weighted by Gasteiger charge is -2.30. The zero-order chi connectivity index (χ0) is 20.7. The van der Waals surface area contributed by atoms with E-state index in [1.54, 1.807) is 48.5 Å². The van der Waals surface area contributed by atoms with Crippen molar-refractivity contribution in [2.24, 2.45) is 0 Å². The second-order valence-corrected chi connectivity index (χ2v) is 7.26. The van der Waals surface area contributed by atoms with Gasteiger partial charge in [-0.15, -0.1) is 0 Å². The second kappa shape index (κ2) is 6.78. The Hall–Kier alpha value is -4.05. The Balaban J connectivity index is 1.82. The summed E-state index contributed by atoms with van der Waals surface area (Å²) in [6.45, 7) is 0. The zero-order valence-electron chi connectivity index (χ0n) is 15.9. The van der Waals surface area contributed by atoms with Crippen molar-refractivity contribution in [1.82, 2.24) is 0 Å². The van der Waals surface area contributed by atoms with Gasteiger partial charge in [-0.25, -0.2) is 4.79 Å². The Morgan fingerprint density at radius 1 is 0.633 bits per heavy atom. The van der Waals surface area contributed by atoms with Gasteiger partial charge >= 0.3 is 5.97 Å². The SMILES string of the molecule is O=C1OC(c2ccc(O)cc2)(c2ccc(O)cc2)c2cccc(-c3ccccc3)c21. The standard InChI is InChI=1S/C26H18O4/c27-20-13-9-18(10-14-20)26(19-11-15-21(28)16-12-19)23-8-4-7-22(24(23)25(29)30-26)17-5-2-1-3-6-17/h1-16,27-28H. The van der Waals surface area contributed by atoms with Crippen molar-refractivity contribution in [3.05, 3.63) is 119 Å². The Kier molecular flexibility index (Phi) is 4.07. The number of fused-ring (bicyclic) bond motifs is 1. The van der Waals surface area contributed by atoms with Crippen LogP contribution in [0, 0.1) is 0 Å². The van der Waals surface area contributed by atoms with Crippen LogP contribution in [0.2, 0.25) is 0 Å². The van der Waals surface area contributed by atoms with Crippen molar-refractivity contribution in [3.63, 3.8) is 0 Å². The molecule has 0 saturated carbocycles. The second-order valence-electron chi connectivity index (χ2n) is 7.26. The number of benzene rings is 4. The Morgan fingerprint density at radius 3 is 1.77 bits per heavy atom. The molecule has 1 aliphatic rings. The van der Waals surface area contributed by atoms with Gasteiger partial charge in [-0.3, -0.25) is 0 Å². The van der Waals surface area contributed by atoms with Gasteiger partial charge in [-0.1, -0.05) is 72.8 Å². The van der Waals surface area contributed by atoms with Gasteiger partial charge in [0.2, 0.25) is 0 Å². The Labute approximate surface area is 173 Å². The third-order valence-corrected chi connectivity index (χ3v) is 5.53. The van der Waals surface area contributed by atoms with Crippen molar-refractivity contribution in [1.29, 1.82) is 0 Å². The number of hydrogen-bond acceptors (Lipinski definition) is 4. The van der Waals surface area contributed by atoms with Gasteiger partial charge in [0.15, 0.2) is 5.60 Å². The summed E-state index contributed by atoms with van der Waals surface area (Å²) < 4.78 is 6.13. The quantitative estimate of drug-likeness (QED) is 0.467. The number of carbonyl (C=O) groups is 1. The number of hydrogen-bond donors (Lipinski definition) is 2. The molecular weight excluding hydrogens is 376 g/mol. The maximum atomic E-state index is 13.2. The molecule has 30 heavy (non-hydrogen) atoms. The van der Waals surface area contributed by atoms with Gasteiger partial charge in [0.1, 0.15) is 11.5 Å². The van der Waals surface area contributed by atoms with Gasteiger partial charge < -0.3 is 14.9 Å². The largest absolute Gasteiger partial charge is 0.508 e. The van der Waals surface area contributed by atoms with Crippen LogP contribution in [-0.4, -0.2) is 16.2 Å². The normalized spacial score (nSPS) is 14.2. The first-order valence-corrected chi connectivity index (χ1v) is 9.61. The summed E-state index contributed by atoms with van der Waals surface area (Å²) in [7, 11) is 0. The number of aromatic hydroxyl groups is 2. The first kappa shape index (κ1) is 18.0. The van der Waals surface area contributed by atoms with E-state index in [0.717, 1.165) is 16.7 Å². The minimum absolute atomic E-state index is 0.127. The molecule has 4 nitrogen and oxygen atoms in total. The van der Waals surface area contributed by atoms with Crippen molar-refractivity contribution >= 4 is 5.97 Å². The fraction of sp³-hybridized carbons (Fsp3) is 0.0385. The lowest BCUT2D eigenvalue weighted by molar-refractivity contribution is 0.0252.